The Labute approximate surface area is 174 Å². The molecule has 0 saturated heterocycles. The number of imidazole rings is 1. The number of hydrogen-bond acceptors (Lipinski definition) is 3. The summed E-state index contributed by atoms with van der Waals surface area (Å²) in [5.41, 5.74) is 0.859. The molecule has 0 aromatic carbocycles. The molecule has 1 amide bonds. The first kappa shape index (κ1) is 22.8. The third-order valence-corrected chi connectivity index (χ3v) is 6.47. The third kappa shape index (κ3) is 7.86. The number of aromatic nitrogens is 2. The van der Waals surface area contributed by atoms with Gasteiger partial charge in [0.05, 0.1) is 11.4 Å². The van der Waals surface area contributed by atoms with Gasteiger partial charge in [0.1, 0.15) is 11.5 Å². The molecule has 2 aromatic heterocycles. The zero-order valence-corrected chi connectivity index (χ0v) is 18.5. The number of pyridine rings is 1. The van der Waals surface area contributed by atoms with Crippen LogP contribution in [0.25, 0.3) is 5.65 Å². The fourth-order valence-electron chi connectivity index (χ4n) is 3.39. The molecule has 0 aliphatic heterocycles. The molecule has 1 N–H and O–H groups in total. The molecule has 1 atom stereocenters. The number of carbonyl (C=O) groups is 1. The zero-order chi connectivity index (χ0) is 20.0. The lowest BCUT2D eigenvalue weighted by atomic mass is 10.1. The van der Waals surface area contributed by atoms with Gasteiger partial charge in [0.15, 0.2) is 0 Å². The molecule has 0 fully saturated rings. The second-order valence-electron chi connectivity index (χ2n) is 7.54. The van der Waals surface area contributed by atoms with Crippen LogP contribution in [0.4, 0.5) is 5.82 Å². The average molecular weight is 404 g/mol. The second kappa shape index (κ2) is 13.6. The van der Waals surface area contributed by atoms with Gasteiger partial charge in [-0.15, -0.1) is 11.8 Å². The van der Waals surface area contributed by atoms with Gasteiger partial charge < -0.3 is 5.32 Å². The topological polar surface area (TPSA) is 46.4 Å². The van der Waals surface area contributed by atoms with Crippen LogP contribution in [0.15, 0.2) is 30.6 Å². The lowest BCUT2D eigenvalue weighted by molar-refractivity contribution is -0.115. The number of anilines is 1. The molecule has 0 saturated carbocycles. The normalized spacial score (nSPS) is 12.4. The van der Waals surface area contributed by atoms with Crippen molar-refractivity contribution in [2.45, 2.75) is 89.7 Å². The predicted molar refractivity (Wildman–Crippen MR) is 122 cm³/mol. The Balaban J connectivity index is 1.87. The highest BCUT2D eigenvalue weighted by atomic mass is 32.2. The number of unbranched alkanes of at least 4 members (excludes halogenated alkanes) is 8. The average Bonchev–Trinajstić information content (AvgIpc) is 3.11. The van der Waals surface area contributed by atoms with Crippen molar-refractivity contribution in [2.24, 2.45) is 0 Å². The van der Waals surface area contributed by atoms with Crippen molar-refractivity contribution in [3.8, 4) is 0 Å². The van der Waals surface area contributed by atoms with E-state index in [2.05, 4.69) is 24.1 Å². The summed E-state index contributed by atoms with van der Waals surface area (Å²) in [6.45, 7) is 4.48. The van der Waals surface area contributed by atoms with Crippen LogP contribution in [0.5, 0.6) is 0 Å². The summed E-state index contributed by atoms with van der Waals surface area (Å²) >= 11 is 1.83. The smallest absolute Gasteiger partial charge is 0.238 e. The van der Waals surface area contributed by atoms with E-state index in [4.69, 9.17) is 0 Å². The van der Waals surface area contributed by atoms with Gasteiger partial charge in [-0.05, 0) is 30.7 Å². The maximum Gasteiger partial charge on any atom is 0.238 e. The molecule has 0 spiro atoms. The summed E-state index contributed by atoms with van der Waals surface area (Å²) in [5.74, 6) is 1.96. The van der Waals surface area contributed by atoms with Gasteiger partial charge in [0.25, 0.3) is 0 Å². The number of nitrogens with one attached hydrogen (secondary N) is 1. The van der Waals surface area contributed by atoms with Gasteiger partial charge in [-0.3, -0.25) is 9.20 Å². The largest absolute Gasteiger partial charge is 0.310 e. The standard InChI is InChI=1S/C23H37N3OS/c1-3-5-7-9-10-11-15-20(28-18-14-8-6-4-2)23(27)25-22-19-24-21-16-12-13-17-26(21)22/h12-13,16-17,19-20H,3-11,14-15,18H2,1-2H3,(H,25,27). The summed E-state index contributed by atoms with van der Waals surface area (Å²) in [6.07, 6.45) is 17.2. The van der Waals surface area contributed by atoms with Crippen LogP contribution in [0, 0.1) is 0 Å². The Hall–Kier alpha value is -1.49. The lowest BCUT2D eigenvalue weighted by Gasteiger charge is -2.16. The minimum atomic E-state index is 0.0297. The highest BCUT2D eigenvalue weighted by molar-refractivity contribution is 8.00. The molecule has 2 aromatic rings. The summed E-state index contributed by atoms with van der Waals surface area (Å²) < 4.78 is 1.94. The monoisotopic (exact) mass is 403 g/mol. The molecular formula is C23H37N3OS. The van der Waals surface area contributed by atoms with E-state index in [1.807, 2.05) is 40.6 Å². The van der Waals surface area contributed by atoms with Crippen molar-refractivity contribution in [3.63, 3.8) is 0 Å². The lowest BCUT2D eigenvalue weighted by Crippen LogP contribution is -2.26. The fourth-order valence-corrected chi connectivity index (χ4v) is 4.59. The van der Waals surface area contributed by atoms with Gasteiger partial charge >= 0.3 is 0 Å². The first-order valence-corrected chi connectivity index (χ1v) is 12.2. The minimum Gasteiger partial charge on any atom is -0.310 e. The van der Waals surface area contributed by atoms with Crippen molar-refractivity contribution < 1.29 is 4.79 Å². The molecule has 0 aliphatic carbocycles. The van der Waals surface area contributed by atoms with E-state index in [1.54, 1.807) is 6.20 Å². The van der Waals surface area contributed by atoms with Crippen LogP contribution in [0.1, 0.15) is 84.5 Å². The molecule has 1 unspecified atom stereocenters. The molecule has 28 heavy (non-hydrogen) atoms. The molecular weight excluding hydrogens is 366 g/mol. The Morgan fingerprint density at radius 2 is 1.75 bits per heavy atom. The van der Waals surface area contributed by atoms with Crippen LogP contribution >= 0.6 is 11.8 Å². The number of rotatable bonds is 15. The molecule has 2 rings (SSSR count). The van der Waals surface area contributed by atoms with Crippen molar-refractivity contribution in [1.82, 2.24) is 9.38 Å². The first-order valence-electron chi connectivity index (χ1n) is 11.1. The maximum atomic E-state index is 13.0. The molecule has 4 nitrogen and oxygen atoms in total. The summed E-state index contributed by atoms with van der Waals surface area (Å²) in [7, 11) is 0. The highest BCUT2D eigenvalue weighted by Gasteiger charge is 2.20. The van der Waals surface area contributed by atoms with E-state index < -0.39 is 0 Å². The molecule has 2 heterocycles. The Bertz CT molecular complexity index is 685. The first-order chi connectivity index (χ1) is 13.8. The number of amides is 1. The quantitative estimate of drug-likeness (QED) is 0.336. The van der Waals surface area contributed by atoms with E-state index in [9.17, 15) is 4.79 Å². The number of nitrogens with zero attached hydrogens (tertiary/aromatic N) is 2. The van der Waals surface area contributed by atoms with Crippen LogP contribution in [0.3, 0.4) is 0 Å². The van der Waals surface area contributed by atoms with Crippen molar-refractivity contribution >= 4 is 29.1 Å². The van der Waals surface area contributed by atoms with Gasteiger partial charge in [0, 0.05) is 6.20 Å². The maximum absolute atomic E-state index is 13.0. The Morgan fingerprint density at radius 1 is 1.04 bits per heavy atom. The van der Waals surface area contributed by atoms with Crippen molar-refractivity contribution in [3.05, 3.63) is 30.6 Å². The predicted octanol–water partition coefficient (Wildman–Crippen LogP) is 6.71. The van der Waals surface area contributed by atoms with E-state index in [1.165, 1.54) is 57.8 Å². The SMILES string of the molecule is CCCCCCCCC(SCCCCCC)C(=O)Nc1cnc2ccccn12. The number of hydrogen-bond donors (Lipinski definition) is 1. The zero-order valence-electron chi connectivity index (χ0n) is 17.7. The van der Waals surface area contributed by atoms with E-state index in [-0.39, 0.29) is 11.2 Å². The van der Waals surface area contributed by atoms with Crippen LogP contribution in [-0.4, -0.2) is 26.3 Å². The Kier molecular flexibility index (Phi) is 11.1. The van der Waals surface area contributed by atoms with Gasteiger partial charge in [-0.2, -0.15) is 0 Å². The van der Waals surface area contributed by atoms with Crippen molar-refractivity contribution in [1.29, 1.82) is 0 Å². The number of carbonyl (C=O) groups excluding carboxylic acids is 1. The third-order valence-electron chi connectivity index (χ3n) is 5.10. The van der Waals surface area contributed by atoms with Gasteiger partial charge in [-0.1, -0.05) is 77.7 Å². The van der Waals surface area contributed by atoms with Crippen LogP contribution in [-0.2, 0) is 4.79 Å². The number of thioether (sulfide) groups is 1. The van der Waals surface area contributed by atoms with E-state index in [0.29, 0.717) is 0 Å². The van der Waals surface area contributed by atoms with Crippen molar-refractivity contribution in [2.75, 3.05) is 11.1 Å². The Morgan fingerprint density at radius 3 is 2.54 bits per heavy atom. The highest BCUT2D eigenvalue weighted by Crippen LogP contribution is 2.23. The molecule has 156 valence electrons. The summed E-state index contributed by atoms with van der Waals surface area (Å²) in [4.78, 5) is 17.3. The minimum absolute atomic E-state index is 0.0297. The molecule has 0 bridgehead atoms. The van der Waals surface area contributed by atoms with Crippen LogP contribution in [0.2, 0.25) is 0 Å². The summed E-state index contributed by atoms with van der Waals surface area (Å²) in [6, 6.07) is 5.87. The molecule has 0 radical (unpaired) electrons. The second-order valence-corrected chi connectivity index (χ2v) is 8.85. The van der Waals surface area contributed by atoms with Crippen LogP contribution < -0.4 is 5.32 Å². The fraction of sp³-hybridized carbons (Fsp3) is 0.652. The van der Waals surface area contributed by atoms with Gasteiger partial charge in [0.2, 0.25) is 5.91 Å². The molecule has 5 heteroatoms. The van der Waals surface area contributed by atoms with Gasteiger partial charge in [-0.25, -0.2) is 4.98 Å². The van der Waals surface area contributed by atoms with E-state index in [0.717, 1.165) is 30.1 Å². The summed E-state index contributed by atoms with van der Waals surface area (Å²) in [5, 5.41) is 3.15. The molecule has 0 aliphatic rings. The van der Waals surface area contributed by atoms with E-state index >= 15 is 0 Å². The number of fused-ring (bicyclic) bond motifs is 1.